The first kappa shape index (κ1) is 71.7. The molecular weight excluding hydrogens is 1530 g/mol. The minimum absolute atomic E-state index is 0.000537. The molecule has 538 valence electrons. The molecule has 0 spiro atoms. The second-order valence-electron chi connectivity index (χ2n) is 21.3. The lowest BCUT2D eigenvalue weighted by Crippen LogP contribution is -2.13. The number of fused-ring (bicyclic) bond motifs is 20. The molecule has 2 aliphatic heterocycles. The third kappa shape index (κ3) is 12.8. The zero-order chi connectivity index (χ0) is 74.3. The highest BCUT2D eigenvalue weighted by Crippen LogP contribution is 2.46. The Morgan fingerprint density at radius 3 is 0.644 bits per heavy atom. The minimum Gasteiger partial charge on any atom is -0.488 e. The fourth-order valence-electron chi connectivity index (χ4n) is 10.3. The normalized spacial score (nSPS) is 11.8. The minimum atomic E-state index is -2.46. The van der Waals surface area contributed by atoms with Crippen molar-refractivity contribution in [2.24, 2.45) is 0 Å². The molecule has 3 aromatic heterocycles. The predicted octanol–water partition coefficient (Wildman–Crippen LogP) is 18.1. The molecule has 0 atom stereocenters. The van der Waals surface area contributed by atoms with E-state index < -0.39 is 192 Å². The van der Waals surface area contributed by atoms with E-state index in [1.54, 1.807) is 0 Å². The SMILES string of the molecule is Fc1c(F)c(F)c(OCCOc2cc3c(cc2Cl)-c2nc-3nc3[nH]c(nc4nc(nc5[nH]c(n2)c2cc(OCCOc6c(F)c(F)c(F)c(F)c6F)c(Cl)cc52)-c2cc(OCCOc5c(F)c(F)c(F)c(F)c5F)c(Cl)cc2-4)c2cc(OCCOc4c(F)c(F)c(F)c(F)c4F)c(Cl)cc32)c(F)c1F. The van der Waals surface area contributed by atoms with Gasteiger partial charge in [-0.2, -0.15) is 35.1 Å². The van der Waals surface area contributed by atoms with Gasteiger partial charge in [0.25, 0.3) is 0 Å². The van der Waals surface area contributed by atoms with Crippen LogP contribution < -0.4 is 37.9 Å². The Morgan fingerprint density at radius 2 is 0.404 bits per heavy atom. The molecule has 5 heterocycles. The predicted molar refractivity (Wildman–Crippen MR) is 325 cm³/mol. The molecule has 0 amide bonds. The van der Waals surface area contributed by atoms with Gasteiger partial charge >= 0.3 is 0 Å². The standard InChI is InChI=1S/C64H26Cl4F20N8O8/c65-25-9-17-21(13-29(25)97-1-5-101-53-45(81)37(73)33(69)38(74)46(53)82)61-89-57(17)94-62-23-15-31(99-3-7-103-55-49(85)41(77)35(71)42(78)50(55)86)27(67)11-19(23)59(91-62)96-64-24-16-32(100-4-8-104-56-51(87)43(79)36(72)44(80)52(56)88)28(68)12-20(24)60(92-64)95-63-22-14-30(26(66)10-18(22)58(90-63)93-61)98-2-6-102-54-47(83)39(75)34(70)40(76)48(54)84/h9-16H,1-8H2,(H2,89,90,91,92,93,94,95,96). The Balaban J connectivity index is 0.958. The first-order valence-electron chi connectivity index (χ1n) is 28.8. The zero-order valence-corrected chi connectivity index (χ0v) is 53.3. The summed E-state index contributed by atoms with van der Waals surface area (Å²) in [7, 11) is 0. The van der Waals surface area contributed by atoms with Crippen LogP contribution in [0, 0.1) is 116 Å². The average Bonchev–Trinajstić information content (AvgIpc) is 1.59. The Kier molecular flexibility index (Phi) is 19.4. The van der Waals surface area contributed by atoms with Gasteiger partial charge < -0.3 is 47.9 Å². The summed E-state index contributed by atoms with van der Waals surface area (Å²) in [4.78, 5) is 34.7. The molecule has 2 aliphatic rings. The lowest BCUT2D eigenvalue weighted by atomic mass is 10.1. The molecule has 40 heteroatoms. The molecule has 2 N–H and O–H groups in total. The van der Waals surface area contributed by atoms with Crippen LogP contribution >= 0.6 is 46.4 Å². The van der Waals surface area contributed by atoms with E-state index >= 15 is 0 Å². The van der Waals surface area contributed by atoms with Gasteiger partial charge in [-0.3, -0.25) is 0 Å². The van der Waals surface area contributed by atoms with Gasteiger partial charge in [-0.1, -0.05) is 46.4 Å². The lowest BCUT2D eigenvalue weighted by molar-refractivity contribution is 0.198. The van der Waals surface area contributed by atoms with Crippen LogP contribution in [0.2, 0.25) is 20.1 Å². The van der Waals surface area contributed by atoms with Crippen molar-refractivity contribution in [3.8, 4) is 91.5 Å². The number of halogens is 24. The van der Waals surface area contributed by atoms with Crippen molar-refractivity contribution in [2.75, 3.05) is 52.9 Å². The Labute approximate surface area is 583 Å². The van der Waals surface area contributed by atoms with E-state index in [2.05, 4.69) is 9.97 Å². The third-order valence-corrected chi connectivity index (χ3v) is 16.2. The van der Waals surface area contributed by atoms with Crippen molar-refractivity contribution < 1.29 is 126 Å². The van der Waals surface area contributed by atoms with E-state index in [1.165, 1.54) is 48.5 Å². The van der Waals surface area contributed by atoms with Gasteiger partial charge in [0, 0.05) is 43.8 Å². The smallest absolute Gasteiger partial charge is 0.206 e. The molecule has 11 aromatic rings. The van der Waals surface area contributed by atoms with Crippen molar-refractivity contribution >= 4 is 90.5 Å². The van der Waals surface area contributed by atoms with Crippen molar-refractivity contribution in [1.29, 1.82) is 0 Å². The highest BCUT2D eigenvalue weighted by atomic mass is 35.5. The van der Waals surface area contributed by atoms with Gasteiger partial charge in [0.05, 0.1) is 20.1 Å². The number of nitrogens with one attached hydrogen (secondary N) is 2. The van der Waals surface area contributed by atoms with Crippen LogP contribution in [-0.2, 0) is 0 Å². The summed E-state index contributed by atoms with van der Waals surface area (Å²) in [5.74, 6) is -55.3. The molecule has 0 saturated carbocycles. The van der Waals surface area contributed by atoms with E-state index in [0.29, 0.717) is 0 Å². The van der Waals surface area contributed by atoms with Crippen molar-refractivity contribution in [3.63, 3.8) is 0 Å². The number of ether oxygens (including phenoxy) is 8. The first-order valence-corrected chi connectivity index (χ1v) is 30.3. The van der Waals surface area contributed by atoms with Crippen LogP contribution in [0.5, 0.6) is 46.0 Å². The molecule has 0 saturated heterocycles. The van der Waals surface area contributed by atoms with E-state index in [4.69, 9.17) is 114 Å². The Hall–Kier alpha value is -10.7. The molecule has 0 aliphatic carbocycles. The van der Waals surface area contributed by atoms with Crippen molar-refractivity contribution in [1.82, 2.24) is 39.9 Å². The maximum atomic E-state index is 14.6. The molecule has 0 fully saturated rings. The van der Waals surface area contributed by atoms with Crippen LogP contribution in [0.1, 0.15) is 0 Å². The number of nitrogens with zero attached hydrogens (tertiary/aromatic N) is 6. The summed E-state index contributed by atoms with van der Waals surface area (Å²) in [6.45, 7) is -6.28. The monoisotopic (exact) mass is 1550 g/mol. The summed E-state index contributed by atoms with van der Waals surface area (Å²) in [6, 6.07) is 9.94. The van der Waals surface area contributed by atoms with Crippen molar-refractivity contribution in [2.45, 2.75) is 0 Å². The second-order valence-corrected chi connectivity index (χ2v) is 22.9. The number of hydrogen-bond donors (Lipinski definition) is 2. The molecule has 8 bridgehead atoms. The Morgan fingerprint density at radius 1 is 0.221 bits per heavy atom. The van der Waals surface area contributed by atoms with E-state index in [-0.39, 0.29) is 133 Å². The second kappa shape index (κ2) is 28.1. The third-order valence-electron chi connectivity index (χ3n) is 15.1. The van der Waals surface area contributed by atoms with Gasteiger partial charge in [-0.05, 0) is 48.5 Å². The maximum absolute atomic E-state index is 14.6. The van der Waals surface area contributed by atoms with Crippen LogP contribution in [0.15, 0.2) is 48.5 Å². The van der Waals surface area contributed by atoms with E-state index in [1.807, 2.05) is 0 Å². The van der Waals surface area contributed by atoms with Crippen LogP contribution in [0.4, 0.5) is 87.8 Å². The van der Waals surface area contributed by atoms with Gasteiger partial charge in [0.1, 0.15) is 98.4 Å². The average molecular weight is 1560 g/mol. The van der Waals surface area contributed by atoms with E-state index in [0.717, 1.165) is 0 Å². The summed E-state index contributed by atoms with van der Waals surface area (Å²) >= 11 is 27.1. The van der Waals surface area contributed by atoms with Gasteiger partial charge in [0.15, 0.2) is 46.3 Å². The Bertz CT molecular complexity index is 5220. The fourth-order valence-corrected chi connectivity index (χ4v) is 11.1. The van der Waals surface area contributed by atoms with E-state index in [9.17, 15) is 87.8 Å². The van der Waals surface area contributed by atoms with Gasteiger partial charge in [0.2, 0.25) is 116 Å². The summed E-state index contributed by atoms with van der Waals surface area (Å²) in [6.07, 6.45) is 0. The number of hydrogen-bond acceptors (Lipinski definition) is 14. The number of H-pyrrole nitrogens is 2. The molecule has 104 heavy (non-hydrogen) atoms. The highest BCUT2D eigenvalue weighted by Gasteiger charge is 2.33. The summed E-state index contributed by atoms with van der Waals surface area (Å²) in [5, 5.41) is -0.868. The topological polar surface area (TPSA) is 183 Å². The van der Waals surface area contributed by atoms with Crippen LogP contribution in [0.3, 0.4) is 0 Å². The number of aromatic nitrogens is 8. The molecule has 8 aromatic carbocycles. The van der Waals surface area contributed by atoms with Crippen molar-refractivity contribution in [3.05, 3.63) is 185 Å². The molecule has 13 rings (SSSR count). The quantitative estimate of drug-likeness (QED) is 0.0318. The highest BCUT2D eigenvalue weighted by molar-refractivity contribution is 6.34. The fraction of sp³-hybridized carbons (Fsp3) is 0.125. The molecule has 0 unspecified atom stereocenters. The lowest BCUT2D eigenvalue weighted by Gasteiger charge is -2.12. The molecular formula is C64H26Cl4F20N8O8. The number of benzene rings is 8. The van der Waals surface area contributed by atoms with Crippen LogP contribution in [0.25, 0.3) is 89.7 Å². The molecule has 16 nitrogen and oxygen atoms in total. The largest absolute Gasteiger partial charge is 0.488 e. The summed E-state index contributed by atoms with van der Waals surface area (Å²) < 4.78 is 327. The van der Waals surface area contributed by atoms with Gasteiger partial charge in [-0.15, -0.1) is 0 Å². The number of rotatable bonds is 20. The maximum Gasteiger partial charge on any atom is 0.206 e. The van der Waals surface area contributed by atoms with Gasteiger partial charge in [-0.25, -0.2) is 82.6 Å². The zero-order valence-electron chi connectivity index (χ0n) is 50.3. The first-order chi connectivity index (χ1) is 49.5. The summed E-state index contributed by atoms with van der Waals surface area (Å²) in [5.41, 5.74) is -0.683. The molecule has 0 radical (unpaired) electrons. The number of aromatic amines is 2. The van der Waals surface area contributed by atoms with Crippen LogP contribution in [-0.4, -0.2) is 92.7 Å².